The van der Waals surface area contributed by atoms with Gasteiger partial charge in [-0.1, -0.05) is 25.1 Å². The van der Waals surface area contributed by atoms with Crippen molar-refractivity contribution < 1.29 is 19.1 Å². The number of benzene rings is 2. The molecule has 0 saturated carbocycles. The molecule has 0 bridgehead atoms. The average Bonchev–Trinajstić information content (AvgIpc) is 2.74. The molecular weight excluding hydrogens is 392 g/mol. The molecule has 2 amide bonds. The topological polar surface area (TPSA) is 67.9 Å². The second-order valence-corrected chi connectivity index (χ2v) is 7.98. The van der Waals surface area contributed by atoms with Gasteiger partial charge in [-0.15, -0.1) is 0 Å². The fraction of sp³-hybridized carbons (Fsp3) is 0.440. The van der Waals surface area contributed by atoms with Gasteiger partial charge in [-0.2, -0.15) is 0 Å². The Hall–Kier alpha value is -3.02. The van der Waals surface area contributed by atoms with Crippen LogP contribution in [0, 0.1) is 13.8 Å². The molecular formula is C25H34N2O4. The van der Waals surface area contributed by atoms with E-state index in [2.05, 4.69) is 5.32 Å². The summed E-state index contributed by atoms with van der Waals surface area (Å²) >= 11 is 0. The molecule has 0 aliphatic heterocycles. The minimum atomic E-state index is -0.633. The van der Waals surface area contributed by atoms with Crippen LogP contribution in [0.4, 0.5) is 0 Å². The fourth-order valence-corrected chi connectivity index (χ4v) is 3.22. The molecule has 0 saturated heterocycles. The van der Waals surface area contributed by atoms with Crippen LogP contribution < -0.4 is 14.8 Å². The molecule has 0 aliphatic rings. The number of ether oxygens (including phenoxy) is 2. The highest BCUT2D eigenvalue weighted by Gasteiger charge is 2.27. The van der Waals surface area contributed by atoms with E-state index in [1.54, 1.807) is 18.9 Å². The van der Waals surface area contributed by atoms with Crippen molar-refractivity contribution >= 4 is 11.8 Å². The van der Waals surface area contributed by atoms with Gasteiger partial charge in [-0.05, 0) is 75.1 Å². The maximum absolute atomic E-state index is 13.1. The summed E-state index contributed by atoms with van der Waals surface area (Å²) in [5, 5.41) is 2.96. The predicted molar refractivity (Wildman–Crippen MR) is 122 cm³/mol. The minimum Gasteiger partial charge on any atom is -0.497 e. The third-order valence-electron chi connectivity index (χ3n) is 5.24. The van der Waals surface area contributed by atoms with Gasteiger partial charge in [-0.25, -0.2) is 0 Å². The number of carbonyl (C=O) groups excluding carboxylic acids is 2. The number of carbonyl (C=O) groups is 2. The van der Waals surface area contributed by atoms with Crippen LogP contribution in [-0.4, -0.2) is 42.5 Å². The maximum Gasteiger partial charge on any atom is 0.261 e. The fourth-order valence-electron chi connectivity index (χ4n) is 3.22. The lowest BCUT2D eigenvalue weighted by atomic mass is 10.1. The van der Waals surface area contributed by atoms with Crippen LogP contribution in [-0.2, 0) is 16.1 Å². The Morgan fingerprint density at radius 3 is 2.16 bits per heavy atom. The van der Waals surface area contributed by atoms with E-state index in [4.69, 9.17) is 9.47 Å². The van der Waals surface area contributed by atoms with Crippen LogP contribution in [0.2, 0.25) is 0 Å². The number of methoxy groups -OCH3 is 1. The number of nitrogens with zero attached hydrogens (tertiary/aromatic N) is 1. The molecule has 0 heterocycles. The average molecular weight is 427 g/mol. The minimum absolute atomic E-state index is 0.0411. The van der Waals surface area contributed by atoms with Gasteiger partial charge in [0.25, 0.3) is 5.91 Å². The zero-order valence-electron chi connectivity index (χ0n) is 19.4. The molecule has 0 spiro atoms. The van der Waals surface area contributed by atoms with Gasteiger partial charge in [0.05, 0.1) is 7.11 Å². The Balaban J connectivity index is 2.17. The van der Waals surface area contributed by atoms with Gasteiger partial charge in [0.1, 0.15) is 17.5 Å². The van der Waals surface area contributed by atoms with E-state index in [1.807, 2.05) is 70.2 Å². The van der Waals surface area contributed by atoms with Gasteiger partial charge in [0.15, 0.2) is 6.61 Å². The van der Waals surface area contributed by atoms with E-state index >= 15 is 0 Å². The number of rotatable bonds is 10. The van der Waals surface area contributed by atoms with Crippen LogP contribution in [0.1, 0.15) is 43.9 Å². The first-order valence-electron chi connectivity index (χ1n) is 10.7. The first-order valence-corrected chi connectivity index (χ1v) is 10.7. The van der Waals surface area contributed by atoms with E-state index in [-0.39, 0.29) is 24.5 Å². The van der Waals surface area contributed by atoms with E-state index in [9.17, 15) is 9.59 Å². The first-order chi connectivity index (χ1) is 14.7. The second-order valence-electron chi connectivity index (χ2n) is 7.98. The van der Waals surface area contributed by atoms with Gasteiger partial charge in [0.2, 0.25) is 5.91 Å². The lowest BCUT2D eigenvalue weighted by Gasteiger charge is -2.29. The Labute approximate surface area is 185 Å². The normalized spacial score (nSPS) is 12.6. The van der Waals surface area contributed by atoms with Gasteiger partial charge in [-0.3, -0.25) is 9.59 Å². The van der Waals surface area contributed by atoms with Crippen molar-refractivity contribution in [2.45, 2.75) is 59.7 Å². The standard InChI is InChI=1S/C25H34N2O4/c1-7-19(4)26-25(29)20(5)27(15-21-8-10-22(30-6)11-9-21)24(28)16-31-23-13-17(2)12-18(3)14-23/h8-14,19-20H,7,15-16H2,1-6H3,(H,26,29). The summed E-state index contributed by atoms with van der Waals surface area (Å²) in [6, 6.07) is 12.7. The zero-order chi connectivity index (χ0) is 23.0. The summed E-state index contributed by atoms with van der Waals surface area (Å²) in [5.41, 5.74) is 3.04. The number of hydrogen-bond acceptors (Lipinski definition) is 4. The van der Waals surface area contributed by atoms with Crippen LogP contribution >= 0.6 is 0 Å². The summed E-state index contributed by atoms with van der Waals surface area (Å²) < 4.78 is 11.0. The summed E-state index contributed by atoms with van der Waals surface area (Å²) in [4.78, 5) is 27.4. The zero-order valence-corrected chi connectivity index (χ0v) is 19.4. The van der Waals surface area contributed by atoms with Crippen molar-refractivity contribution in [1.29, 1.82) is 0 Å². The molecule has 2 unspecified atom stereocenters. The molecule has 31 heavy (non-hydrogen) atoms. The summed E-state index contributed by atoms with van der Waals surface area (Å²) in [6.07, 6.45) is 0.820. The molecule has 6 heteroatoms. The first kappa shape index (κ1) is 24.3. The number of hydrogen-bond donors (Lipinski definition) is 1. The van der Waals surface area contributed by atoms with Gasteiger partial charge >= 0.3 is 0 Å². The van der Waals surface area contributed by atoms with E-state index in [1.165, 1.54) is 0 Å². The molecule has 2 aromatic carbocycles. The monoisotopic (exact) mass is 426 g/mol. The Bertz CT molecular complexity index is 859. The maximum atomic E-state index is 13.1. The SMILES string of the molecule is CCC(C)NC(=O)C(C)N(Cc1ccc(OC)cc1)C(=O)COc1cc(C)cc(C)c1. The largest absolute Gasteiger partial charge is 0.497 e. The number of aryl methyl sites for hydroxylation is 2. The molecule has 6 nitrogen and oxygen atoms in total. The van der Waals surface area contributed by atoms with Crippen molar-refractivity contribution in [1.82, 2.24) is 10.2 Å². The molecule has 2 rings (SSSR count). The molecule has 2 atom stereocenters. The summed E-state index contributed by atoms with van der Waals surface area (Å²) in [6.45, 7) is 9.83. The van der Waals surface area contributed by atoms with Gasteiger partial charge < -0.3 is 19.7 Å². The smallest absolute Gasteiger partial charge is 0.261 e. The van der Waals surface area contributed by atoms with Crippen molar-refractivity contribution in [3.05, 3.63) is 59.2 Å². The third kappa shape index (κ3) is 7.31. The lowest BCUT2D eigenvalue weighted by molar-refractivity contribution is -0.142. The number of nitrogens with one attached hydrogen (secondary N) is 1. The van der Waals surface area contributed by atoms with Crippen LogP contribution in [0.5, 0.6) is 11.5 Å². The van der Waals surface area contributed by atoms with Crippen molar-refractivity contribution in [2.24, 2.45) is 0 Å². The molecule has 0 radical (unpaired) electrons. The Kier molecular flexibility index (Phi) is 8.91. The van der Waals surface area contributed by atoms with E-state index < -0.39 is 6.04 Å². The highest BCUT2D eigenvalue weighted by Crippen LogP contribution is 2.18. The highest BCUT2D eigenvalue weighted by atomic mass is 16.5. The molecule has 0 aliphatic carbocycles. The quantitative estimate of drug-likeness (QED) is 0.623. The van der Waals surface area contributed by atoms with Crippen LogP contribution in [0.25, 0.3) is 0 Å². The predicted octanol–water partition coefficient (Wildman–Crippen LogP) is 4.02. The van der Waals surface area contributed by atoms with Crippen LogP contribution in [0.3, 0.4) is 0 Å². The molecule has 0 fully saturated rings. The molecule has 0 aromatic heterocycles. The summed E-state index contributed by atoms with van der Waals surface area (Å²) in [5.74, 6) is 0.957. The Morgan fingerprint density at radius 1 is 1.00 bits per heavy atom. The molecule has 2 aromatic rings. The highest BCUT2D eigenvalue weighted by molar-refractivity contribution is 5.88. The molecule has 1 N–H and O–H groups in total. The van der Waals surface area contributed by atoms with Crippen molar-refractivity contribution in [3.63, 3.8) is 0 Å². The van der Waals surface area contributed by atoms with Gasteiger partial charge in [0, 0.05) is 12.6 Å². The van der Waals surface area contributed by atoms with E-state index in [0.29, 0.717) is 12.3 Å². The molecule has 168 valence electrons. The lowest BCUT2D eigenvalue weighted by Crippen LogP contribution is -2.50. The number of amides is 2. The second kappa shape index (κ2) is 11.4. The Morgan fingerprint density at radius 2 is 1.61 bits per heavy atom. The van der Waals surface area contributed by atoms with E-state index in [0.717, 1.165) is 28.9 Å². The van der Waals surface area contributed by atoms with Crippen molar-refractivity contribution in [2.75, 3.05) is 13.7 Å². The van der Waals surface area contributed by atoms with Crippen molar-refractivity contribution in [3.8, 4) is 11.5 Å². The third-order valence-corrected chi connectivity index (χ3v) is 5.24. The van der Waals surface area contributed by atoms with Crippen LogP contribution in [0.15, 0.2) is 42.5 Å². The summed E-state index contributed by atoms with van der Waals surface area (Å²) in [7, 11) is 1.61.